The number of rotatable bonds is 7. The Morgan fingerprint density at radius 3 is 2.68 bits per heavy atom. The predicted octanol–water partition coefficient (Wildman–Crippen LogP) is 2.93. The molecule has 0 radical (unpaired) electrons. The molecular weight excluding hydrogens is 296 g/mol. The number of aromatic nitrogens is 2. The summed E-state index contributed by atoms with van der Waals surface area (Å²) in [6, 6.07) is 9.47. The largest absolute Gasteiger partial charge is 0.301 e. The molecule has 0 aliphatic carbocycles. The highest BCUT2D eigenvalue weighted by Crippen LogP contribution is 2.13. The van der Waals surface area contributed by atoms with Crippen LogP contribution in [0.3, 0.4) is 0 Å². The van der Waals surface area contributed by atoms with E-state index in [0.29, 0.717) is 17.3 Å². The van der Waals surface area contributed by atoms with Crippen LogP contribution in [-0.4, -0.2) is 21.5 Å². The molecule has 0 atom stereocenters. The second-order valence-corrected chi connectivity index (χ2v) is 6.25. The van der Waals surface area contributed by atoms with Gasteiger partial charge in [0.1, 0.15) is 5.78 Å². The van der Waals surface area contributed by atoms with E-state index in [1.54, 1.807) is 0 Å². The summed E-state index contributed by atoms with van der Waals surface area (Å²) in [5, 5.41) is 0.521. The van der Waals surface area contributed by atoms with E-state index < -0.39 is 0 Å². The predicted molar refractivity (Wildman–Crippen MR) is 89.5 cm³/mol. The summed E-state index contributed by atoms with van der Waals surface area (Å²) in [4.78, 5) is 30.6. The number of hydrogen-bond donors (Lipinski definition) is 1. The first kappa shape index (κ1) is 16.5. The van der Waals surface area contributed by atoms with Crippen molar-refractivity contribution in [1.82, 2.24) is 9.97 Å². The third-order valence-corrected chi connectivity index (χ3v) is 4.10. The van der Waals surface area contributed by atoms with E-state index >= 15 is 0 Å². The third kappa shape index (κ3) is 5.15. The normalized spacial score (nSPS) is 10.6. The van der Waals surface area contributed by atoms with Gasteiger partial charge >= 0.3 is 0 Å². The lowest BCUT2D eigenvalue weighted by atomic mass is 10.1. The molecule has 4 nitrogen and oxygen atoms in total. The first-order chi connectivity index (χ1) is 10.6. The summed E-state index contributed by atoms with van der Waals surface area (Å²) >= 11 is 1.29. The number of carbonyl (C=O) groups is 1. The van der Waals surface area contributed by atoms with Crippen molar-refractivity contribution in [3.8, 4) is 0 Å². The first-order valence-electron chi connectivity index (χ1n) is 7.37. The van der Waals surface area contributed by atoms with Crippen molar-refractivity contribution in [3.05, 3.63) is 57.5 Å². The van der Waals surface area contributed by atoms with Gasteiger partial charge in [0.15, 0.2) is 5.16 Å². The molecule has 5 heteroatoms. The lowest BCUT2D eigenvalue weighted by molar-refractivity contribution is -0.116. The van der Waals surface area contributed by atoms with Gasteiger partial charge < -0.3 is 4.98 Å². The van der Waals surface area contributed by atoms with Crippen LogP contribution in [0.5, 0.6) is 0 Å². The van der Waals surface area contributed by atoms with Crippen LogP contribution >= 0.6 is 11.8 Å². The van der Waals surface area contributed by atoms with Gasteiger partial charge in [-0.2, -0.15) is 0 Å². The van der Waals surface area contributed by atoms with Gasteiger partial charge in [-0.1, -0.05) is 54.9 Å². The zero-order chi connectivity index (χ0) is 15.9. The number of H-pyrrole nitrogens is 1. The molecule has 22 heavy (non-hydrogen) atoms. The standard InChI is InChI=1S/C17H20N2O2S/c1-3-4-14-10-16(21)19-17(18-14)22-11-15(20)9-13-7-5-12(2)6-8-13/h5-8,10H,3-4,9,11H2,1-2H3,(H,18,19,21). The van der Waals surface area contributed by atoms with Crippen LogP contribution in [0.2, 0.25) is 0 Å². The van der Waals surface area contributed by atoms with Crippen molar-refractivity contribution < 1.29 is 4.79 Å². The molecule has 0 amide bonds. The zero-order valence-electron chi connectivity index (χ0n) is 12.9. The average molecular weight is 316 g/mol. The number of benzene rings is 1. The quantitative estimate of drug-likeness (QED) is 0.630. The molecule has 2 rings (SSSR count). The number of ketones is 1. The Balaban J connectivity index is 1.93. The minimum Gasteiger partial charge on any atom is -0.301 e. The van der Waals surface area contributed by atoms with Gasteiger partial charge in [-0.15, -0.1) is 0 Å². The highest BCUT2D eigenvalue weighted by atomic mass is 32.2. The van der Waals surface area contributed by atoms with Gasteiger partial charge in [0.25, 0.3) is 5.56 Å². The summed E-state index contributed by atoms with van der Waals surface area (Å²) in [5.41, 5.74) is 2.81. The van der Waals surface area contributed by atoms with E-state index in [1.807, 2.05) is 38.1 Å². The number of Topliss-reactive ketones (excluding diaryl/α,β-unsaturated/α-hetero) is 1. The summed E-state index contributed by atoms with van der Waals surface area (Å²) in [6.07, 6.45) is 2.12. The van der Waals surface area contributed by atoms with Crippen LogP contribution < -0.4 is 5.56 Å². The maximum atomic E-state index is 12.0. The molecule has 0 saturated heterocycles. The molecular formula is C17H20N2O2S. The number of nitrogens with zero attached hydrogens (tertiary/aromatic N) is 1. The lowest BCUT2D eigenvalue weighted by Gasteiger charge is -2.04. The molecule has 2 aromatic rings. The van der Waals surface area contributed by atoms with Crippen LogP contribution in [-0.2, 0) is 17.6 Å². The lowest BCUT2D eigenvalue weighted by Crippen LogP contribution is -2.12. The minimum absolute atomic E-state index is 0.123. The van der Waals surface area contributed by atoms with Gasteiger partial charge in [0.05, 0.1) is 5.75 Å². The summed E-state index contributed by atoms with van der Waals surface area (Å²) in [6.45, 7) is 4.06. The Kier molecular flexibility index (Phi) is 5.95. The minimum atomic E-state index is -0.160. The fraction of sp³-hybridized carbons (Fsp3) is 0.353. The molecule has 0 aliphatic rings. The Morgan fingerprint density at radius 1 is 1.27 bits per heavy atom. The zero-order valence-corrected chi connectivity index (χ0v) is 13.7. The monoisotopic (exact) mass is 316 g/mol. The number of aromatic amines is 1. The molecule has 1 N–H and O–H groups in total. The molecule has 0 aliphatic heterocycles. The smallest absolute Gasteiger partial charge is 0.251 e. The molecule has 0 saturated carbocycles. The van der Waals surface area contributed by atoms with Gasteiger partial charge in [-0.25, -0.2) is 4.98 Å². The van der Waals surface area contributed by atoms with Crippen LogP contribution in [0, 0.1) is 6.92 Å². The van der Waals surface area contributed by atoms with Crippen LogP contribution in [0.15, 0.2) is 40.3 Å². The van der Waals surface area contributed by atoms with Gasteiger partial charge in [0, 0.05) is 18.2 Å². The van der Waals surface area contributed by atoms with E-state index in [-0.39, 0.29) is 11.3 Å². The number of thioether (sulfide) groups is 1. The molecule has 0 spiro atoms. The Morgan fingerprint density at radius 2 is 2.00 bits per heavy atom. The molecule has 0 unspecified atom stereocenters. The Bertz CT molecular complexity index is 693. The van der Waals surface area contributed by atoms with Gasteiger partial charge in [-0.3, -0.25) is 9.59 Å². The average Bonchev–Trinajstić information content (AvgIpc) is 2.47. The van der Waals surface area contributed by atoms with Crippen molar-refractivity contribution in [3.63, 3.8) is 0 Å². The van der Waals surface area contributed by atoms with Crippen molar-refractivity contribution in [2.24, 2.45) is 0 Å². The van der Waals surface area contributed by atoms with Crippen LogP contribution in [0.25, 0.3) is 0 Å². The van der Waals surface area contributed by atoms with Gasteiger partial charge in [0.2, 0.25) is 0 Å². The molecule has 1 aromatic heterocycles. The fourth-order valence-electron chi connectivity index (χ4n) is 2.07. The van der Waals surface area contributed by atoms with E-state index in [0.717, 1.165) is 24.1 Å². The summed E-state index contributed by atoms with van der Waals surface area (Å²) in [7, 11) is 0. The third-order valence-electron chi connectivity index (χ3n) is 3.17. The topological polar surface area (TPSA) is 62.8 Å². The molecule has 1 aromatic carbocycles. The number of aryl methyl sites for hydroxylation is 2. The number of carbonyl (C=O) groups excluding carboxylic acids is 1. The Hall–Kier alpha value is -1.88. The molecule has 0 fully saturated rings. The maximum absolute atomic E-state index is 12.0. The Labute approximate surface area is 134 Å². The van der Waals surface area contributed by atoms with E-state index in [4.69, 9.17) is 0 Å². The summed E-state index contributed by atoms with van der Waals surface area (Å²) < 4.78 is 0. The second-order valence-electron chi connectivity index (χ2n) is 5.28. The highest BCUT2D eigenvalue weighted by molar-refractivity contribution is 7.99. The van der Waals surface area contributed by atoms with E-state index in [9.17, 15) is 9.59 Å². The van der Waals surface area contributed by atoms with E-state index in [1.165, 1.54) is 23.4 Å². The van der Waals surface area contributed by atoms with Crippen molar-refractivity contribution in [2.75, 3.05) is 5.75 Å². The number of hydrogen-bond acceptors (Lipinski definition) is 4. The van der Waals surface area contributed by atoms with Crippen molar-refractivity contribution >= 4 is 17.5 Å². The second kappa shape index (κ2) is 7.94. The molecule has 1 heterocycles. The molecule has 116 valence electrons. The van der Waals surface area contributed by atoms with Crippen molar-refractivity contribution in [1.29, 1.82) is 0 Å². The highest BCUT2D eigenvalue weighted by Gasteiger charge is 2.07. The van der Waals surface area contributed by atoms with Crippen LogP contribution in [0.4, 0.5) is 0 Å². The fourth-order valence-corrected chi connectivity index (χ4v) is 2.82. The summed E-state index contributed by atoms with van der Waals surface area (Å²) in [5.74, 6) is 0.434. The van der Waals surface area contributed by atoms with E-state index in [2.05, 4.69) is 9.97 Å². The van der Waals surface area contributed by atoms with Crippen LogP contribution in [0.1, 0.15) is 30.2 Å². The first-order valence-corrected chi connectivity index (χ1v) is 8.35. The van der Waals surface area contributed by atoms with Crippen molar-refractivity contribution in [2.45, 2.75) is 38.3 Å². The van der Waals surface area contributed by atoms with Gasteiger partial charge in [-0.05, 0) is 18.9 Å². The maximum Gasteiger partial charge on any atom is 0.251 e. The SMILES string of the molecule is CCCc1cc(=O)[nH]c(SCC(=O)Cc2ccc(C)cc2)n1. The molecule has 0 bridgehead atoms. The number of nitrogens with one attached hydrogen (secondary N) is 1.